The first kappa shape index (κ1) is 16.2. The highest BCUT2D eigenvalue weighted by Gasteiger charge is 2.14. The van der Waals surface area contributed by atoms with E-state index in [1.807, 2.05) is 13.0 Å². The average Bonchev–Trinajstić information content (AvgIpc) is 2.86. The summed E-state index contributed by atoms with van der Waals surface area (Å²) in [5.74, 6) is -0.500. The first-order valence-corrected chi connectivity index (χ1v) is 6.89. The Kier molecular flexibility index (Phi) is 4.75. The molecule has 0 bridgehead atoms. The van der Waals surface area contributed by atoms with Crippen LogP contribution >= 0.6 is 0 Å². The molecule has 23 heavy (non-hydrogen) atoms. The predicted octanol–water partition coefficient (Wildman–Crippen LogP) is 2.16. The van der Waals surface area contributed by atoms with E-state index in [4.69, 9.17) is 0 Å². The fourth-order valence-electron chi connectivity index (χ4n) is 1.92. The van der Waals surface area contributed by atoms with Crippen LogP contribution in [0, 0.1) is 24.0 Å². The normalized spacial score (nSPS) is 11.2. The number of carbonyl (C=O) groups excluding carboxylic acids is 1. The van der Waals surface area contributed by atoms with Gasteiger partial charge in [0, 0.05) is 11.3 Å². The molecule has 0 aliphatic carbocycles. The molecule has 1 aromatic heterocycles. The summed E-state index contributed by atoms with van der Waals surface area (Å²) in [4.78, 5) is 22.1. The lowest BCUT2D eigenvalue weighted by Gasteiger charge is -2.08. The Morgan fingerprint density at radius 3 is 2.65 bits per heavy atom. The van der Waals surface area contributed by atoms with Crippen molar-refractivity contribution in [2.24, 2.45) is 0 Å². The van der Waals surface area contributed by atoms with Crippen molar-refractivity contribution in [1.82, 2.24) is 20.6 Å². The largest absolute Gasteiger partial charge is 0.390 e. The van der Waals surface area contributed by atoms with Gasteiger partial charge in [0.15, 0.2) is 0 Å². The van der Waals surface area contributed by atoms with E-state index in [1.165, 1.54) is 10.7 Å². The minimum Gasteiger partial charge on any atom is -0.358 e. The van der Waals surface area contributed by atoms with Gasteiger partial charge in [-0.05, 0) is 37.8 Å². The number of aromatic nitrogens is 2. The number of allylic oxidation sites excluding steroid dienone is 1. The molecule has 2 rings (SSSR count). The van der Waals surface area contributed by atoms with Crippen LogP contribution in [0.25, 0.3) is 6.20 Å². The summed E-state index contributed by atoms with van der Waals surface area (Å²) in [6, 6.07) is 8.57. The Balaban J connectivity index is 2.03. The molecule has 0 saturated heterocycles. The molecular formula is C15H17N5O3. The van der Waals surface area contributed by atoms with Crippen LogP contribution in [-0.4, -0.2) is 20.6 Å². The van der Waals surface area contributed by atoms with E-state index < -0.39 is 4.92 Å². The number of benzene rings is 1. The Labute approximate surface area is 132 Å². The smallest absolute Gasteiger partial charge is 0.358 e. The first-order chi connectivity index (χ1) is 10.9. The molecule has 8 heteroatoms. The van der Waals surface area contributed by atoms with Crippen LogP contribution in [0.15, 0.2) is 36.0 Å². The number of nitrogens with one attached hydrogen (secondary N) is 2. The molecule has 120 valence electrons. The Morgan fingerprint density at radius 1 is 1.30 bits per heavy atom. The highest BCUT2D eigenvalue weighted by atomic mass is 16.6. The van der Waals surface area contributed by atoms with Gasteiger partial charge >= 0.3 is 5.82 Å². The number of hydrazine groups is 1. The third-order valence-electron chi connectivity index (χ3n) is 3.07. The molecule has 0 unspecified atom stereocenters. The third kappa shape index (κ3) is 4.16. The molecule has 0 atom stereocenters. The summed E-state index contributed by atoms with van der Waals surface area (Å²) in [6.45, 7) is 5.32. The van der Waals surface area contributed by atoms with Gasteiger partial charge in [-0.3, -0.25) is 10.2 Å². The topological polar surface area (TPSA) is 102 Å². The molecule has 0 aliphatic rings. The molecule has 1 amide bonds. The number of nitrogens with zero attached hydrogens (tertiary/aromatic N) is 3. The molecule has 8 nitrogen and oxygen atoms in total. The summed E-state index contributed by atoms with van der Waals surface area (Å²) < 4.78 is 1.37. The second-order valence-electron chi connectivity index (χ2n) is 5.11. The molecule has 0 saturated carbocycles. The van der Waals surface area contributed by atoms with Gasteiger partial charge in [-0.15, -0.1) is 0 Å². The van der Waals surface area contributed by atoms with Gasteiger partial charge in [-0.2, -0.15) is 4.68 Å². The fourth-order valence-corrected chi connectivity index (χ4v) is 1.92. The van der Waals surface area contributed by atoms with E-state index in [-0.39, 0.29) is 11.7 Å². The third-order valence-corrected chi connectivity index (χ3v) is 3.07. The zero-order valence-corrected chi connectivity index (χ0v) is 13.0. The van der Waals surface area contributed by atoms with Crippen molar-refractivity contribution >= 4 is 17.9 Å². The number of aryl methyl sites for hydroxylation is 2. The minimum absolute atomic E-state index is 0.227. The standard InChI is InChI=1S/C15H17N5O3/c1-10-5-4-6-13(7-10)15(21)17-16-11(2)9-19-12(3)8-14(18-19)20(22)23/h4-9,16H,1-3H3,(H,17,21). The van der Waals surface area contributed by atoms with E-state index in [2.05, 4.69) is 16.0 Å². The van der Waals surface area contributed by atoms with Crippen LogP contribution in [0.1, 0.15) is 28.5 Å². The van der Waals surface area contributed by atoms with Gasteiger partial charge < -0.3 is 15.5 Å². The van der Waals surface area contributed by atoms with Crippen molar-refractivity contribution in [1.29, 1.82) is 0 Å². The van der Waals surface area contributed by atoms with Gasteiger partial charge in [-0.1, -0.05) is 17.7 Å². The van der Waals surface area contributed by atoms with E-state index in [0.717, 1.165) is 5.56 Å². The average molecular weight is 315 g/mol. The molecule has 0 radical (unpaired) electrons. The lowest BCUT2D eigenvalue weighted by atomic mass is 10.1. The molecule has 1 aromatic carbocycles. The van der Waals surface area contributed by atoms with Gasteiger partial charge in [0.25, 0.3) is 5.91 Å². The molecule has 2 aromatic rings. The van der Waals surface area contributed by atoms with Crippen molar-refractivity contribution in [2.45, 2.75) is 20.8 Å². The van der Waals surface area contributed by atoms with Gasteiger partial charge in [0.2, 0.25) is 0 Å². The minimum atomic E-state index is -0.556. The van der Waals surface area contributed by atoms with Gasteiger partial charge in [0.05, 0.1) is 23.1 Å². The number of hydrogen-bond acceptors (Lipinski definition) is 5. The summed E-state index contributed by atoms with van der Waals surface area (Å²) >= 11 is 0. The number of rotatable bonds is 5. The summed E-state index contributed by atoms with van der Waals surface area (Å²) in [7, 11) is 0. The maximum Gasteiger partial charge on any atom is 0.390 e. The van der Waals surface area contributed by atoms with Crippen LogP contribution in [-0.2, 0) is 0 Å². The SMILES string of the molecule is CC(=Cn1nc([N+](=O)[O-])cc1C)NNC(=O)c1cccc(C)c1. The summed E-state index contributed by atoms with van der Waals surface area (Å²) in [6.07, 6.45) is 1.55. The number of amides is 1. The lowest BCUT2D eigenvalue weighted by molar-refractivity contribution is -0.389. The lowest BCUT2D eigenvalue weighted by Crippen LogP contribution is -2.36. The summed E-state index contributed by atoms with van der Waals surface area (Å²) in [5, 5.41) is 14.5. The Hall–Kier alpha value is -3.16. The van der Waals surface area contributed by atoms with Gasteiger partial charge in [-0.25, -0.2) is 0 Å². The highest BCUT2D eigenvalue weighted by molar-refractivity contribution is 5.94. The van der Waals surface area contributed by atoms with Crippen molar-refractivity contribution < 1.29 is 9.72 Å². The molecule has 1 heterocycles. The van der Waals surface area contributed by atoms with E-state index in [1.54, 1.807) is 38.2 Å². The Bertz CT molecular complexity index is 779. The Morgan fingerprint density at radius 2 is 2.04 bits per heavy atom. The number of nitro groups is 1. The highest BCUT2D eigenvalue weighted by Crippen LogP contribution is 2.11. The summed E-state index contributed by atoms with van der Waals surface area (Å²) in [5.41, 5.74) is 8.03. The molecule has 0 spiro atoms. The van der Waals surface area contributed by atoms with E-state index >= 15 is 0 Å². The van der Waals surface area contributed by atoms with Crippen molar-refractivity contribution in [3.05, 3.63) is 63.0 Å². The van der Waals surface area contributed by atoms with Crippen LogP contribution in [0.4, 0.5) is 5.82 Å². The molecule has 0 fully saturated rings. The van der Waals surface area contributed by atoms with Crippen molar-refractivity contribution in [2.75, 3.05) is 0 Å². The van der Waals surface area contributed by atoms with Crippen LogP contribution < -0.4 is 10.9 Å². The number of hydrogen-bond donors (Lipinski definition) is 2. The predicted molar refractivity (Wildman–Crippen MR) is 85.3 cm³/mol. The maximum atomic E-state index is 12.0. The molecule has 0 aliphatic heterocycles. The quantitative estimate of drug-likeness (QED) is 0.650. The van der Waals surface area contributed by atoms with Crippen LogP contribution in [0.5, 0.6) is 0 Å². The van der Waals surface area contributed by atoms with Crippen molar-refractivity contribution in [3.63, 3.8) is 0 Å². The zero-order valence-electron chi connectivity index (χ0n) is 13.0. The molecule has 2 N–H and O–H groups in total. The molecular weight excluding hydrogens is 298 g/mol. The zero-order chi connectivity index (χ0) is 17.0. The van der Waals surface area contributed by atoms with Crippen molar-refractivity contribution in [3.8, 4) is 0 Å². The van der Waals surface area contributed by atoms with Gasteiger partial charge in [0.1, 0.15) is 0 Å². The first-order valence-electron chi connectivity index (χ1n) is 6.89. The maximum absolute atomic E-state index is 12.0. The second kappa shape index (κ2) is 6.73. The van der Waals surface area contributed by atoms with Crippen LogP contribution in [0.2, 0.25) is 0 Å². The second-order valence-corrected chi connectivity index (χ2v) is 5.11. The number of carbonyl (C=O) groups is 1. The van der Waals surface area contributed by atoms with E-state index in [0.29, 0.717) is 17.0 Å². The van der Waals surface area contributed by atoms with E-state index in [9.17, 15) is 14.9 Å². The van der Waals surface area contributed by atoms with Crippen LogP contribution in [0.3, 0.4) is 0 Å². The monoisotopic (exact) mass is 315 g/mol. The fraction of sp³-hybridized carbons (Fsp3) is 0.200.